The van der Waals surface area contributed by atoms with Crippen molar-refractivity contribution in [1.82, 2.24) is 19.2 Å². The molecule has 1 fully saturated rings. The monoisotopic (exact) mass is 508 g/mol. The smallest absolute Gasteiger partial charge is 0.345 e. The first kappa shape index (κ1) is 24.7. The topological polar surface area (TPSA) is 119 Å². The Hall–Kier alpha value is -3.96. The number of esters is 1. The molecule has 1 aliphatic rings. The third-order valence-electron chi connectivity index (χ3n) is 6.25. The first-order valence-corrected chi connectivity index (χ1v) is 12.1. The average Bonchev–Trinajstić information content (AvgIpc) is 3.61. The fourth-order valence-electron chi connectivity index (χ4n) is 4.44. The van der Waals surface area contributed by atoms with Crippen LogP contribution in [0, 0.1) is 0 Å². The first-order chi connectivity index (χ1) is 18.1. The Bertz CT molecular complexity index is 1420. The summed E-state index contributed by atoms with van der Waals surface area (Å²) in [5.41, 5.74) is 0.991. The van der Waals surface area contributed by atoms with E-state index in [-0.39, 0.29) is 24.8 Å². The van der Waals surface area contributed by atoms with Crippen LogP contribution in [0.4, 0.5) is 0 Å². The lowest BCUT2D eigenvalue weighted by molar-refractivity contribution is -0.0750. The van der Waals surface area contributed by atoms with Crippen LogP contribution in [0.2, 0.25) is 0 Å². The van der Waals surface area contributed by atoms with E-state index in [9.17, 15) is 9.59 Å². The van der Waals surface area contributed by atoms with Gasteiger partial charge in [-0.2, -0.15) is 9.61 Å². The van der Waals surface area contributed by atoms with Crippen molar-refractivity contribution < 1.29 is 28.2 Å². The molecule has 0 radical (unpaired) electrons. The van der Waals surface area contributed by atoms with Gasteiger partial charge >= 0.3 is 5.97 Å². The van der Waals surface area contributed by atoms with Crippen LogP contribution in [-0.4, -0.2) is 58.2 Å². The highest BCUT2D eigenvalue weighted by Crippen LogP contribution is 2.32. The summed E-state index contributed by atoms with van der Waals surface area (Å²) in [7, 11) is 1.61. The molecule has 5 rings (SSSR count). The number of hydrogen-bond acceptors (Lipinski definition) is 9. The predicted molar refractivity (Wildman–Crippen MR) is 132 cm³/mol. The lowest BCUT2D eigenvalue weighted by Crippen LogP contribution is -2.30. The molecule has 0 amide bonds. The number of fused-ring (bicyclic) bond motifs is 1. The third-order valence-corrected chi connectivity index (χ3v) is 6.25. The molecular formula is C26H28N4O7. The molecule has 4 heterocycles. The van der Waals surface area contributed by atoms with E-state index in [4.69, 9.17) is 23.4 Å². The largest absolute Gasteiger partial charge is 0.496 e. The molecule has 11 heteroatoms. The summed E-state index contributed by atoms with van der Waals surface area (Å²) in [5, 5.41) is 4.41. The summed E-state index contributed by atoms with van der Waals surface area (Å²) in [5.74, 6) is 0.351. The maximum atomic E-state index is 13.2. The summed E-state index contributed by atoms with van der Waals surface area (Å²) < 4.78 is 31.2. The molecule has 1 aromatic carbocycles. The van der Waals surface area contributed by atoms with Crippen molar-refractivity contribution in [1.29, 1.82) is 0 Å². The van der Waals surface area contributed by atoms with Crippen molar-refractivity contribution >= 4 is 11.6 Å². The number of nitrogens with zero attached hydrogens (tertiary/aromatic N) is 4. The molecule has 1 saturated heterocycles. The number of aromatic nitrogens is 4. The number of carbonyl (C=O) groups excluding carboxylic acids is 1. The minimum Gasteiger partial charge on any atom is -0.496 e. The van der Waals surface area contributed by atoms with E-state index in [2.05, 4.69) is 10.1 Å². The van der Waals surface area contributed by atoms with Gasteiger partial charge in [0, 0.05) is 31.0 Å². The number of carbonyl (C=O) groups is 1. The van der Waals surface area contributed by atoms with E-state index in [1.54, 1.807) is 24.7 Å². The van der Waals surface area contributed by atoms with Gasteiger partial charge in [0.05, 0.1) is 32.6 Å². The molecule has 0 aliphatic carbocycles. The van der Waals surface area contributed by atoms with Crippen molar-refractivity contribution in [2.24, 2.45) is 0 Å². The molecule has 37 heavy (non-hydrogen) atoms. The number of benzene rings is 1. The molecule has 0 saturated carbocycles. The second-order valence-corrected chi connectivity index (χ2v) is 8.56. The normalized spacial score (nSPS) is 15.1. The quantitative estimate of drug-likeness (QED) is 0.314. The second-order valence-electron chi connectivity index (χ2n) is 8.56. The molecule has 1 aliphatic heterocycles. The van der Waals surface area contributed by atoms with Crippen molar-refractivity contribution in [2.75, 3.05) is 26.9 Å². The summed E-state index contributed by atoms with van der Waals surface area (Å²) in [6, 6.07) is 9.35. The van der Waals surface area contributed by atoms with E-state index >= 15 is 0 Å². The van der Waals surface area contributed by atoms with Crippen LogP contribution >= 0.6 is 0 Å². The van der Waals surface area contributed by atoms with E-state index in [0.717, 1.165) is 18.4 Å². The molecule has 0 bridgehead atoms. The number of rotatable bonds is 9. The Labute approximate surface area is 212 Å². The highest BCUT2D eigenvalue weighted by Gasteiger charge is 2.26. The summed E-state index contributed by atoms with van der Waals surface area (Å²) in [4.78, 5) is 29.9. The number of ether oxygens (including phenoxy) is 4. The predicted octanol–water partition coefficient (Wildman–Crippen LogP) is 3.27. The molecule has 1 unspecified atom stereocenters. The zero-order valence-corrected chi connectivity index (χ0v) is 20.7. The van der Waals surface area contributed by atoms with Crippen molar-refractivity contribution in [2.45, 2.75) is 38.5 Å². The molecule has 0 N–H and O–H groups in total. The highest BCUT2D eigenvalue weighted by atomic mass is 16.5. The van der Waals surface area contributed by atoms with Gasteiger partial charge in [0.2, 0.25) is 0 Å². The Balaban J connectivity index is 1.62. The third kappa shape index (κ3) is 5.13. The summed E-state index contributed by atoms with van der Waals surface area (Å²) in [6.45, 7) is 3.35. The van der Waals surface area contributed by atoms with Gasteiger partial charge in [-0.25, -0.2) is 9.78 Å². The Morgan fingerprint density at radius 3 is 2.78 bits per heavy atom. The lowest BCUT2D eigenvalue weighted by Gasteiger charge is -2.29. The molecule has 194 valence electrons. The van der Waals surface area contributed by atoms with Crippen LogP contribution in [0.5, 0.6) is 5.75 Å². The highest BCUT2D eigenvalue weighted by molar-refractivity contribution is 5.89. The van der Waals surface area contributed by atoms with Crippen molar-refractivity contribution in [3.8, 4) is 17.2 Å². The van der Waals surface area contributed by atoms with E-state index in [1.165, 1.54) is 23.3 Å². The lowest BCUT2D eigenvalue weighted by atomic mass is 10.1. The number of oxazole rings is 1. The van der Waals surface area contributed by atoms with Crippen LogP contribution in [0.1, 0.15) is 41.8 Å². The minimum absolute atomic E-state index is 0.0155. The van der Waals surface area contributed by atoms with Gasteiger partial charge in [0.1, 0.15) is 28.8 Å². The van der Waals surface area contributed by atoms with Gasteiger partial charge in [0.25, 0.3) is 5.56 Å². The van der Waals surface area contributed by atoms with Crippen molar-refractivity contribution in [3.05, 3.63) is 70.6 Å². The average molecular weight is 509 g/mol. The van der Waals surface area contributed by atoms with E-state index < -0.39 is 17.6 Å². The minimum atomic E-state index is -0.723. The van der Waals surface area contributed by atoms with Gasteiger partial charge in [-0.05, 0) is 25.8 Å². The molecule has 4 aromatic rings. The van der Waals surface area contributed by atoms with Gasteiger partial charge in [-0.3, -0.25) is 4.79 Å². The molecule has 1 atom stereocenters. The zero-order chi connectivity index (χ0) is 25.8. The number of para-hydroxylation sites is 1. The van der Waals surface area contributed by atoms with E-state index in [0.29, 0.717) is 36.1 Å². The zero-order valence-electron chi connectivity index (χ0n) is 20.7. The Morgan fingerprint density at radius 1 is 1.24 bits per heavy atom. The SMILES string of the molecule is CCOC(=O)c1cn(CC(OC2CCOCC2)c2ccccc2OC)c2cc(-c3cnco3)nn2c1=O. The fourth-order valence-corrected chi connectivity index (χ4v) is 4.44. The van der Waals surface area contributed by atoms with Gasteiger partial charge in [-0.15, -0.1) is 0 Å². The maximum absolute atomic E-state index is 13.2. The number of methoxy groups -OCH3 is 1. The fraction of sp³-hybridized carbons (Fsp3) is 0.385. The molecule has 3 aromatic heterocycles. The number of hydrogen-bond donors (Lipinski definition) is 0. The van der Waals surface area contributed by atoms with Gasteiger partial charge < -0.3 is 27.9 Å². The van der Waals surface area contributed by atoms with Gasteiger partial charge in [-0.1, -0.05) is 18.2 Å². The Morgan fingerprint density at radius 2 is 2.05 bits per heavy atom. The second kappa shape index (κ2) is 11.0. The maximum Gasteiger partial charge on any atom is 0.345 e. The van der Waals surface area contributed by atoms with Gasteiger partial charge in [0.15, 0.2) is 12.2 Å². The van der Waals surface area contributed by atoms with Crippen LogP contribution < -0.4 is 10.3 Å². The Kier molecular flexibility index (Phi) is 7.33. The van der Waals surface area contributed by atoms with Crippen LogP contribution in [-0.2, 0) is 20.8 Å². The summed E-state index contributed by atoms with van der Waals surface area (Å²) in [6.07, 6.45) is 5.35. The first-order valence-electron chi connectivity index (χ1n) is 12.1. The standard InChI is InChI=1S/C26H28N4O7/c1-3-35-26(32)19-14-29(24-12-20(22-13-27-16-36-22)28-30(24)25(19)31)15-23(37-17-8-10-34-11-9-17)18-6-4-5-7-21(18)33-2/h4-7,12-14,16-17,23H,3,8-11,15H2,1-2H3. The molecule has 0 spiro atoms. The molecular weight excluding hydrogens is 480 g/mol. The van der Waals surface area contributed by atoms with Crippen LogP contribution in [0.15, 0.2) is 58.3 Å². The van der Waals surface area contributed by atoms with E-state index in [1.807, 2.05) is 24.3 Å². The van der Waals surface area contributed by atoms with Crippen LogP contribution in [0.3, 0.4) is 0 Å². The summed E-state index contributed by atoms with van der Waals surface area (Å²) >= 11 is 0. The van der Waals surface area contributed by atoms with Crippen LogP contribution in [0.25, 0.3) is 17.1 Å². The van der Waals surface area contributed by atoms with Crippen molar-refractivity contribution in [3.63, 3.8) is 0 Å². The molecule has 11 nitrogen and oxygen atoms in total.